The summed E-state index contributed by atoms with van der Waals surface area (Å²) in [6.07, 6.45) is 2.04. The maximum atomic E-state index is 13.2. The molecular weight excluding hydrogens is 418 g/mol. The summed E-state index contributed by atoms with van der Waals surface area (Å²) in [5.74, 6) is 0.0586. The number of hydrogen-bond acceptors (Lipinski definition) is 5. The van der Waals surface area contributed by atoms with E-state index >= 15 is 0 Å². The highest BCUT2D eigenvalue weighted by Gasteiger charge is 2.41. The largest absolute Gasteiger partial charge is 0.309 e. The van der Waals surface area contributed by atoms with Crippen molar-refractivity contribution < 1.29 is 13.2 Å². The zero-order valence-corrected chi connectivity index (χ0v) is 18.6. The zero-order valence-electron chi connectivity index (χ0n) is 17.8. The molecule has 2 N–H and O–H groups in total. The van der Waals surface area contributed by atoms with Gasteiger partial charge in [0.15, 0.2) is 0 Å². The SMILES string of the molecule is Cc1cc(NC(=O)[C@@H]2C[C@H](c3cn(C)nc3C)NS(=O)(=O)N2C)n(-c2ccccc2)n1. The summed E-state index contributed by atoms with van der Waals surface area (Å²) in [7, 11) is -0.670. The standard InChI is InChI=1S/C20H25N7O3S/c1-13-10-19(27(22-13)15-8-6-5-7-9-15)21-20(28)18-11-17(24-31(29,30)26(18)4)16-12-25(3)23-14(16)2/h5-10,12,17-18,24H,11H2,1-4H3,(H,21,28)/t17-,18+/m1/s1. The van der Waals surface area contributed by atoms with Crippen LogP contribution in [0.4, 0.5) is 5.82 Å². The smallest absolute Gasteiger partial charge is 0.280 e. The third-order valence-corrected chi connectivity index (χ3v) is 6.98. The van der Waals surface area contributed by atoms with E-state index < -0.39 is 28.2 Å². The third kappa shape index (κ3) is 4.11. The maximum absolute atomic E-state index is 13.2. The number of aromatic nitrogens is 4. The number of nitrogens with one attached hydrogen (secondary N) is 2. The van der Waals surface area contributed by atoms with Gasteiger partial charge in [-0.15, -0.1) is 0 Å². The Bertz CT molecular complexity index is 1220. The van der Waals surface area contributed by atoms with Gasteiger partial charge in [0.25, 0.3) is 10.2 Å². The number of carbonyl (C=O) groups is 1. The Morgan fingerprint density at radius 1 is 1.16 bits per heavy atom. The van der Waals surface area contributed by atoms with Crippen LogP contribution in [-0.2, 0) is 22.1 Å². The Morgan fingerprint density at radius 3 is 2.52 bits per heavy atom. The zero-order chi connectivity index (χ0) is 22.3. The number of anilines is 1. The number of aryl methyl sites for hydroxylation is 3. The van der Waals surface area contributed by atoms with Crippen molar-refractivity contribution in [2.24, 2.45) is 7.05 Å². The number of amides is 1. The van der Waals surface area contributed by atoms with Crippen LogP contribution in [-0.4, -0.2) is 51.3 Å². The van der Waals surface area contributed by atoms with Crippen LogP contribution in [0.5, 0.6) is 0 Å². The lowest BCUT2D eigenvalue weighted by atomic mass is 10.00. The highest BCUT2D eigenvalue weighted by Crippen LogP contribution is 2.30. The number of rotatable bonds is 4. The van der Waals surface area contributed by atoms with Crippen molar-refractivity contribution in [3.05, 3.63) is 59.5 Å². The average Bonchev–Trinajstić information content (AvgIpc) is 3.25. The normalized spacial score (nSPS) is 21.2. The van der Waals surface area contributed by atoms with E-state index in [-0.39, 0.29) is 6.42 Å². The first-order valence-corrected chi connectivity index (χ1v) is 11.3. The van der Waals surface area contributed by atoms with Crippen LogP contribution in [0.2, 0.25) is 0 Å². The molecular formula is C20H25N7O3S. The molecule has 164 valence electrons. The fourth-order valence-corrected chi connectivity index (χ4v) is 5.10. The second-order valence-corrected chi connectivity index (χ2v) is 9.46. The number of likely N-dealkylation sites (N-methyl/N-ethyl adjacent to an activating group) is 1. The molecule has 0 aliphatic carbocycles. The molecule has 1 aliphatic rings. The molecule has 31 heavy (non-hydrogen) atoms. The number of para-hydroxylation sites is 1. The van der Waals surface area contributed by atoms with Gasteiger partial charge in [-0.2, -0.15) is 27.6 Å². The van der Waals surface area contributed by atoms with Crippen LogP contribution in [0.25, 0.3) is 5.69 Å². The Balaban J connectivity index is 1.63. The van der Waals surface area contributed by atoms with Gasteiger partial charge < -0.3 is 5.32 Å². The van der Waals surface area contributed by atoms with E-state index in [0.29, 0.717) is 5.82 Å². The van der Waals surface area contributed by atoms with Crippen LogP contribution < -0.4 is 10.0 Å². The van der Waals surface area contributed by atoms with Crippen molar-refractivity contribution in [2.75, 3.05) is 12.4 Å². The van der Waals surface area contributed by atoms with Gasteiger partial charge in [0.05, 0.1) is 23.1 Å². The summed E-state index contributed by atoms with van der Waals surface area (Å²) in [6.45, 7) is 3.65. The fourth-order valence-electron chi connectivity index (χ4n) is 3.84. The molecule has 1 saturated heterocycles. The van der Waals surface area contributed by atoms with E-state index in [9.17, 15) is 13.2 Å². The molecule has 11 heteroatoms. The van der Waals surface area contributed by atoms with Crippen molar-refractivity contribution in [1.29, 1.82) is 0 Å². The predicted octanol–water partition coefficient (Wildman–Crippen LogP) is 1.44. The molecule has 0 bridgehead atoms. The number of carbonyl (C=O) groups excluding carboxylic acids is 1. The third-order valence-electron chi connectivity index (χ3n) is 5.38. The first-order valence-electron chi connectivity index (χ1n) is 9.84. The van der Waals surface area contributed by atoms with Gasteiger partial charge in [-0.1, -0.05) is 18.2 Å². The van der Waals surface area contributed by atoms with E-state index in [1.165, 1.54) is 7.05 Å². The summed E-state index contributed by atoms with van der Waals surface area (Å²) in [5, 5.41) is 11.6. The Hall–Kier alpha value is -3.02. The van der Waals surface area contributed by atoms with Crippen LogP contribution >= 0.6 is 0 Å². The van der Waals surface area contributed by atoms with Gasteiger partial charge in [0.1, 0.15) is 11.9 Å². The lowest BCUT2D eigenvalue weighted by Crippen LogP contribution is -2.56. The van der Waals surface area contributed by atoms with Crippen LogP contribution in [0.3, 0.4) is 0 Å². The first-order chi connectivity index (χ1) is 14.7. The lowest BCUT2D eigenvalue weighted by molar-refractivity contribution is -0.120. The molecule has 0 spiro atoms. The highest BCUT2D eigenvalue weighted by molar-refractivity contribution is 7.87. The summed E-state index contributed by atoms with van der Waals surface area (Å²) in [4.78, 5) is 13.2. The molecule has 1 aromatic carbocycles. The molecule has 0 radical (unpaired) electrons. The predicted molar refractivity (Wildman–Crippen MR) is 116 cm³/mol. The molecule has 1 aliphatic heterocycles. The van der Waals surface area contributed by atoms with Crippen molar-refractivity contribution in [1.82, 2.24) is 28.6 Å². The molecule has 1 fully saturated rings. The molecule has 10 nitrogen and oxygen atoms in total. The molecule has 0 unspecified atom stereocenters. The van der Waals surface area contributed by atoms with Gasteiger partial charge in [0.2, 0.25) is 5.91 Å². The summed E-state index contributed by atoms with van der Waals surface area (Å²) in [6, 6.07) is 9.73. The molecule has 3 aromatic rings. The lowest BCUT2D eigenvalue weighted by Gasteiger charge is -2.36. The number of hydrogen-bond donors (Lipinski definition) is 2. The number of nitrogens with zero attached hydrogens (tertiary/aromatic N) is 5. The minimum absolute atomic E-state index is 0.270. The van der Waals surface area contributed by atoms with E-state index in [1.54, 1.807) is 28.7 Å². The monoisotopic (exact) mass is 443 g/mol. The highest BCUT2D eigenvalue weighted by atomic mass is 32.2. The maximum Gasteiger partial charge on any atom is 0.280 e. The summed E-state index contributed by atoms with van der Waals surface area (Å²) >= 11 is 0. The first kappa shape index (κ1) is 21.2. The van der Waals surface area contributed by atoms with Crippen LogP contribution in [0, 0.1) is 13.8 Å². The minimum Gasteiger partial charge on any atom is -0.309 e. The van der Waals surface area contributed by atoms with Gasteiger partial charge >= 0.3 is 0 Å². The van der Waals surface area contributed by atoms with Crippen molar-refractivity contribution in [2.45, 2.75) is 32.4 Å². The van der Waals surface area contributed by atoms with Gasteiger partial charge in [-0.3, -0.25) is 9.48 Å². The van der Waals surface area contributed by atoms with Crippen molar-refractivity contribution >= 4 is 21.9 Å². The van der Waals surface area contributed by atoms with Crippen LogP contribution in [0.15, 0.2) is 42.6 Å². The molecule has 0 saturated carbocycles. The fraction of sp³-hybridized carbons (Fsp3) is 0.350. The van der Waals surface area contributed by atoms with Crippen molar-refractivity contribution in [3.8, 4) is 5.69 Å². The topological polar surface area (TPSA) is 114 Å². The average molecular weight is 444 g/mol. The van der Waals surface area contributed by atoms with Crippen molar-refractivity contribution in [3.63, 3.8) is 0 Å². The Kier molecular flexibility index (Phi) is 5.42. The molecule has 2 atom stereocenters. The molecule has 3 heterocycles. The van der Waals surface area contributed by atoms with Crippen LogP contribution in [0.1, 0.15) is 29.4 Å². The van der Waals surface area contributed by atoms with Gasteiger partial charge in [-0.25, -0.2) is 4.68 Å². The van der Waals surface area contributed by atoms with Gasteiger partial charge in [0, 0.05) is 31.9 Å². The Morgan fingerprint density at radius 2 is 1.87 bits per heavy atom. The molecule has 1 amide bonds. The summed E-state index contributed by atoms with van der Waals surface area (Å²) in [5.41, 5.74) is 2.99. The molecule has 2 aromatic heterocycles. The second kappa shape index (κ2) is 7.91. The quantitative estimate of drug-likeness (QED) is 0.633. The van der Waals surface area contributed by atoms with E-state index in [0.717, 1.165) is 26.9 Å². The van der Waals surface area contributed by atoms with E-state index in [4.69, 9.17) is 0 Å². The number of benzene rings is 1. The molecule has 4 rings (SSSR count). The minimum atomic E-state index is -3.85. The summed E-state index contributed by atoms with van der Waals surface area (Å²) < 4.78 is 32.4. The van der Waals surface area contributed by atoms with Gasteiger partial charge in [-0.05, 0) is 32.4 Å². The van der Waals surface area contributed by atoms with E-state index in [2.05, 4.69) is 20.2 Å². The Labute approximate surface area is 181 Å². The second-order valence-electron chi connectivity index (χ2n) is 7.69. The van der Waals surface area contributed by atoms with E-state index in [1.807, 2.05) is 44.2 Å².